The first-order chi connectivity index (χ1) is 16.0. The van der Waals surface area contributed by atoms with Gasteiger partial charge < -0.3 is 10.2 Å². The summed E-state index contributed by atoms with van der Waals surface area (Å²) < 4.78 is 0.928. The van der Waals surface area contributed by atoms with E-state index in [4.69, 9.17) is 23.8 Å². The highest BCUT2D eigenvalue weighted by Crippen LogP contribution is 2.21. The predicted molar refractivity (Wildman–Crippen MR) is 148 cm³/mol. The third-order valence-corrected chi connectivity index (χ3v) is 6.72. The highest BCUT2D eigenvalue weighted by atomic mass is 127. The molecule has 0 aliphatic carbocycles. The second-order valence-electron chi connectivity index (χ2n) is 7.83. The van der Waals surface area contributed by atoms with Crippen LogP contribution in [0.2, 0.25) is 5.02 Å². The van der Waals surface area contributed by atoms with Gasteiger partial charge in [-0.05, 0) is 82.8 Å². The van der Waals surface area contributed by atoms with Crippen molar-refractivity contribution in [2.75, 3.05) is 36.4 Å². The summed E-state index contributed by atoms with van der Waals surface area (Å²) in [6, 6.07) is 24.0. The molecule has 0 unspecified atom stereocenters. The van der Waals surface area contributed by atoms with Gasteiger partial charge in [-0.1, -0.05) is 41.9 Å². The molecule has 3 aromatic carbocycles. The van der Waals surface area contributed by atoms with Crippen LogP contribution in [0.5, 0.6) is 0 Å². The first-order valence-corrected chi connectivity index (χ1v) is 12.5. The molecule has 1 saturated heterocycles. The summed E-state index contributed by atoms with van der Waals surface area (Å²) in [7, 11) is 0. The molecule has 0 saturated carbocycles. The van der Waals surface area contributed by atoms with Gasteiger partial charge >= 0.3 is 0 Å². The Labute approximate surface area is 218 Å². The van der Waals surface area contributed by atoms with E-state index >= 15 is 0 Å². The zero-order chi connectivity index (χ0) is 23.2. The second-order valence-corrected chi connectivity index (χ2v) is 9.89. The Morgan fingerprint density at radius 1 is 0.970 bits per heavy atom. The van der Waals surface area contributed by atoms with Gasteiger partial charge in [0.1, 0.15) is 0 Å². The number of carbonyl (C=O) groups excluding carboxylic acids is 1. The van der Waals surface area contributed by atoms with Crippen molar-refractivity contribution in [3.8, 4) is 0 Å². The molecular weight excluding hydrogens is 567 g/mol. The third kappa shape index (κ3) is 6.66. The maximum atomic E-state index is 12.5. The van der Waals surface area contributed by atoms with Crippen LogP contribution in [0.25, 0.3) is 0 Å². The lowest BCUT2D eigenvalue weighted by Gasteiger charge is -2.36. The van der Waals surface area contributed by atoms with Crippen molar-refractivity contribution in [3.05, 3.63) is 92.5 Å². The minimum atomic E-state index is -0.332. The number of piperazine rings is 1. The summed E-state index contributed by atoms with van der Waals surface area (Å²) in [5.41, 5.74) is 3.75. The van der Waals surface area contributed by atoms with E-state index in [9.17, 15) is 4.79 Å². The molecular formula is C25H24ClIN4OS. The first kappa shape index (κ1) is 23.9. The van der Waals surface area contributed by atoms with E-state index < -0.39 is 0 Å². The number of benzene rings is 3. The zero-order valence-corrected chi connectivity index (χ0v) is 21.7. The van der Waals surface area contributed by atoms with Crippen molar-refractivity contribution >= 4 is 68.8 Å². The average molecular weight is 591 g/mol. The molecule has 2 N–H and O–H groups in total. The molecule has 0 spiro atoms. The Morgan fingerprint density at radius 2 is 1.67 bits per heavy atom. The molecule has 8 heteroatoms. The second kappa shape index (κ2) is 11.3. The summed E-state index contributed by atoms with van der Waals surface area (Å²) in [4.78, 5) is 17.4. The van der Waals surface area contributed by atoms with Crippen molar-refractivity contribution in [1.82, 2.24) is 10.2 Å². The van der Waals surface area contributed by atoms with Crippen LogP contribution in [0.4, 0.5) is 11.4 Å². The van der Waals surface area contributed by atoms with Crippen LogP contribution in [0, 0.1) is 3.57 Å². The molecule has 1 fully saturated rings. The van der Waals surface area contributed by atoms with Crippen LogP contribution in [-0.4, -0.2) is 42.1 Å². The van der Waals surface area contributed by atoms with Gasteiger partial charge in [-0.15, -0.1) is 0 Å². The monoisotopic (exact) mass is 590 g/mol. The van der Waals surface area contributed by atoms with E-state index in [0.717, 1.165) is 42.0 Å². The maximum absolute atomic E-state index is 12.5. The van der Waals surface area contributed by atoms with Crippen LogP contribution < -0.4 is 15.5 Å². The Bertz CT molecular complexity index is 1120. The van der Waals surface area contributed by atoms with Gasteiger partial charge in [0.05, 0.1) is 10.6 Å². The Kier molecular flexibility index (Phi) is 8.19. The molecule has 1 heterocycles. The normalized spacial score (nSPS) is 14.1. The summed E-state index contributed by atoms with van der Waals surface area (Å²) in [5.74, 6) is -0.332. The van der Waals surface area contributed by atoms with Crippen molar-refractivity contribution in [1.29, 1.82) is 0 Å². The molecule has 0 radical (unpaired) electrons. The third-order valence-electron chi connectivity index (χ3n) is 5.51. The number of halogens is 2. The molecule has 1 amide bonds. The molecule has 5 nitrogen and oxygen atoms in total. The number of amides is 1. The molecule has 3 aromatic rings. The smallest absolute Gasteiger partial charge is 0.258 e. The Balaban J connectivity index is 1.27. The van der Waals surface area contributed by atoms with Crippen molar-refractivity contribution < 1.29 is 4.79 Å². The van der Waals surface area contributed by atoms with Crippen molar-refractivity contribution in [3.63, 3.8) is 0 Å². The molecule has 0 bridgehead atoms. The standard InChI is InChI=1S/C25H24ClIN4OS/c26-23-11-6-19(27)16-22(23)24(32)29-25(33)28-20-7-9-21(10-8-20)31-14-12-30(13-15-31)17-18-4-2-1-3-5-18/h1-11,16H,12-15,17H2,(H2,28,29,32,33). The van der Waals surface area contributed by atoms with Crippen LogP contribution in [0.15, 0.2) is 72.8 Å². The largest absolute Gasteiger partial charge is 0.369 e. The predicted octanol–water partition coefficient (Wildman–Crippen LogP) is 5.39. The molecule has 33 heavy (non-hydrogen) atoms. The van der Waals surface area contributed by atoms with E-state index in [1.807, 2.05) is 18.2 Å². The lowest BCUT2D eigenvalue weighted by molar-refractivity contribution is 0.0978. The average Bonchev–Trinajstić information content (AvgIpc) is 2.82. The van der Waals surface area contributed by atoms with Gasteiger partial charge in [0, 0.05) is 47.7 Å². The van der Waals surface area contributed by atoms with Gasteiger partial charge in [-0.25, -0.2) is 0 Å². The van der Waals surface area contributed by atoms with Gasteiger partial charge in [0.25, 0.3) is 5.91 Å². The van der Waals surface area contributed by atoms with Crippen LogP contribution >= 0.6 is 46.4 Å². The summed E-state index contributed by atoms with van der Waals surface area (Å²) in [6.45, 7) is 5.04. The summed E-state index contributed by atoms with van der Waals surface area (Å²) in [5, 5.41) is 6.39. The fourth-order valence-electron chi connectivity index (χ4n) is 3.77. The number of hydrogen-bond donors (Lipinski definition) is 2. The number of nitrogens with one attached hydrogen (secondary N) is 2. The highest BCUT2D eigenvalue weighted by molar-refractivity contribution is 14.1. The number of thiocarbonyl (C=S) groups is 1. The molecule has 1 aliphatic rings. The van der Waals surface area contributed by atoms with Crippen LogP contribution in [0.3, 0.4) is 0 Å². The minimum absolute atomic E-state index is 0.234. The van der Waals surface area contributed by atoms with Crippen molar-refractivity contribution in [2.45, 2.75) is 6.54 Å². The number of carbonyl (C=O) groups is 1. The van der Waals surface area contributed by atoms with Crippen molar-refractivity contribution in [2.24, 2.45) is 0 Å². The van der Waals surface area contributed by atoms with Gasteiger partial charge in [0.15, 0.2) is 5.11 Å². The molecule has 0 atom stereocenters. The van der Waals surface area contributed by atoms with E-state index in [1.54, 1.807) is 12.1 Å². The molecule has 4 rings (SSSR count). The zero-order valence-electron chi connectivity index (χ0n) is 17.9. The van der Waals surface area contributed by atoms with E-state index in [1.165, 1.54) is 11.3 Å². The van der Waals surface area contributed by atoms with Gasteiger partial charge in [-0.2, -0.15) is 0 Å². The van der Waals surface area contributed by atoms with Gasteiger partial charge in [0.2, 0.25) is 0 Å². The number of anilines is 2. The quantitative estimate of drug-likeness (QED) is 0.308. The van der Waals surface area contributed by atoms with Gasteiger partial charge in [-0.3, -0.25) is 15.0 Å². The minimum Gasteiger partial charge on any atom is -0.369 e. The lowest BCUT2D eigenvalue weighted by Crippen LogP contribution is -2.45. The summed E-state index contributed by atoms with van der Waals surface area (Å²) in [6.07, 6.45) is 0. The van der Waals surface area contributed by atoms with E-state index in [0.29, 0.717) is 10.6 Å². The molecule has 1 aliphatic heterocycles. The number of hydrogen-bond acceptors (Lipinski definition) is 4. The van der Waals surface area contributed by atoms with Crippen LogP contribution in [0.1, 0.15) is 15.9 Å². The highest BCUT2D eigenvalue weighted by Gasteiger charge is 2.17. The molecule has 170 valence electrons. The maximum Gasteiger partial charge on any atom is 0.258 e. The lowest BCUT2D eigenvalue weighted by atomic mass is 10.2. The van der Waals surface area contributed by atoms with E-state index in [-0.39, 0.29) is 11.0 Å². The number of rotatable bonds is 5. The number of nitrogens with zero attached hydrogens (tertiary/aromatic N) is 2. The fraction of sp³-hybridized carbons (Fsp3) is 0.200. The van der Waals surface area contributed by atoms with E-state index in [2.05, 4.69) is 85.5 Å². The summed E-state index contributed by atoms with van der Waals surface area (Å²) >= 11 is 13.6. The van der Waals surface area contributed by atoms with Crippen LogP contribution in [-0.2, 0) is 6.54 Å². The first-order valence-electron chi connectivity index (χ1n) is 10.7. The Hall–Kier alpha value is -2.20. The fourth-order valence-corrected chi connectivity index (χ4v) is 4.67. The Morgan fingerprint density at radius 3 is 2.36 bits per heavy atom. The molecule has 0 aromatic heterocycles. The topological polar surface area (TPSA) is 47.6 Å². The SMILES string of the molecule is O=C(NC(=S)Nc1ccc(N2CCN(Cc3ccccc3)CC2)cc1)c1cc(I)ccc1Cl.